The molecule has 0 N–H and O–H groups in total. The molecule has 0 atom stereocenters. The van der Waals surface area contributed by atoms with E-state index < -0.39 is 10.5 Å². The van der Waals surface area contributed by atoms with Crippen LogP contribution in [0.3, 0.4) is 0 Å². The van der Waals surface area contributed by atoms with E-state index in [0.717, 1.165) is 0 Å². The minimum absolute atomic E-state index is 0. The van der Waals surface area contributed by atoms with Crippen molar-refractivity contribution in [1.29, 1.82) is 0 Å². The maximum atomic E-state index is 10.9. The van der Waals surface area contributed by atoms with Gasteiger partial charge < -0.3 is 11.9 Å². The standard InChI is InChI=1S/C8H5Cl3O3.Mg.2H/c9-8(10,7(12)14-11)13-6-4-2-1-3-5-6;;;/h1-5H;;;/q;+2;2*-1. The second-order valence-corrected chi connectivity index (χ2v) is 3.71. The number of rotatable bonds is 3. The third kappa shape index (κ3) is 4.65. The number of carbonyl (C=O) groups excluding carboxylic acids is 1. The average molecular weight is 282 g/mol. The van der Waals surface area contributed by atoms with Crippen LogP contribution in [0.15, 0.2) is 30.3 Å². The molecule has 0 unspecified atom stereocenters. The molecule has 0 saturated heterocycles. The van der Waals surface area contributed by atoms with E-state index >= 15 is 0 Å². The summed E-state index contributed by atoms with van der Waals surface area (Å²) in [5, 5.41) is 0. The van der Waals surface area contributed by atoms with E-state index in [1.54, 1.807) is 30.3 Å². The van der Waals surface area contributed by atoms with Crippen molar-refractivity contribution in [1.82, 2.24) is 0 Å². The zero-order valence-corrected chi connectivity index (χ0v) is 11.1. The molecule has 0 amide bonds. The van der Waals surface area contributed by atoms with Crippen LogP contribution in [-0.4, -0.2) is 33.5 Å². The molecule has 1 rings (SSSR count). The minimum atomic E-state index is -2.14. The number of hydrogen-bond donors (Lipinski definition) is 0. The Balaban J connectivity index is -0.000000653. The monoisotopic (exact) mass is 280 g/mol. The van der Waals surface area contributed by atoms with Gasteiger partial charge in [0, 0.05) is 0 Å². The zero-order valence-electron chi connectivity index (χ0n) is 9.45. The molecular formula is C8H7Cl3MgO3. The average Bonchev–Trinajstić information content (AvgIpc) is 2.17. The SMILES string of the molecule is O=C(OCl)C(Cl)(Cl)Oc1ccccc1.[H-].[H-].[Mg+2]. The molecule has 0 bridgehead atoms. The van der Waals surface area contributed by atoms with Crippen molar-refractivity contribution in [2.24, 2.45) is 0 Å². The van der Waals surface area contributed by atoms with Crippen LogP contribution in [-0.2, 0) is 9.08 Å². The number of ether oxygens (including phenoxy) is 1. The molecule has 15 heavy (non-hydrogen) atoms. The normalized spacial score (nSPS) is 10.1. The Kier molecular flexibility index (Phi) is 6.71. The van der Waals surface area contributed by atoms with Crippen LogP contribution in [0.5, 0.6) is 5.75 Å². The molecule has 0 saturated carbocycles. The number of benzene rings is 1. The summed E-state index contributed by atoms with van der Waals surface area (Å²) < 4.78 is 6.62. The first kappa shape index (κ1) is 15.1. The van der Waals surface area contributed by atoms with Gasteiger partial charge in [-0.2, -0.15) is 0 Å². The Labute approximate surface area is 121 Å². The third-order valence-corrected chi connectivity index (χ3v) is 1.90. The summed E-state index contributed by atoms with van der Waals surface area (Å²) >= 11 is 15.8. The molecular weight excluding hydrogens is 275 g/mol. The first-order valence-electron chi connectivity index (χ1n) is 3.51. The first-order chi connectivity index (χ1) is 6.56. The van der Waals surface area contributed by atoms with Crippen LogP contribution in [0.2, 0.25) is 0 Å². The zero-order chi connectivity index (χ0) is 10.6. The summed E-state index contributed by atoms with van der Waals surface area (Å²) in [6.45, 7) is 0. The van der Waals surface area contributed by atoms with Crippen molar-refractivity contribution < 1.29 is 16.7 Å². The summed E-state index contributed by atoms with van der Waals surface area (Å²) in [5.74, 6) is -0.758. The number of carbonyl (C=O) groups is 1. The second-order valence-electron chi connectivity index (χ2n) is 2.30. The molecule has 3 nitrogen and oxygen atoms in total. The van der Waals surface area contributed by atoms with Crippen LogP contribution in [0.4, 0.5) is 0 Å². The van der Waals surface area contributed by atoms with Crippen LogP contribution >= 0.6 is 35.1 Å². The van der Waals surface area contributed by atoms with Gasteiger partial charge in [0.05, 0.1) is 0 Å². The molecule has 1 aromatic carbocycles. The fourth-order valence-electron chi connectivity index (χ4n) is 0.723. The topological polar surface area (TPSA) is 35.5 Å². The van der Waals surface area contributed by atoms with Gasteiger partial charge in [0.1, 0.15) is 17.6 Å². The summed E-state index contributed by atoms with van der Waals surface area (Å²) in [6, 6.07) is 8.34. The Bertz CT molecular complexity index is 327. The predicted octanol–water partition coefficient (Wildman–Crippen LogP) is 2.74. The van der Waals surface area contributed by atoms with E-state index in [2.05, 4.69) is 4.29 Å². The molecule has 0 aliphatic rings. The smallest absolute Gasteiger partial charge is 1.00 e. The van der Waals surface area contributed by atoms with Gasteiger partial charge in [0.2, 0.25) is 0 Å². The number of halogens is 3. The maximum absolute atomic E-state index is 10.9. The molecule has 0 aliphatic carbocycles. The van der Waals surface area contributed by atoms with Gasteiger partial charge in [0.25, 0.3) is 0 Å². The largest absolute Gasteiger partial charge is 2.00 e. The van der Waals surface area contributed by atoms with E-state index in [4.69, 9.17) is 39.8 Å². The molecule has 1 aromatic rings. The summed E-state index contributed by atoms with van der Waals surface area (Å²) in [4.78, 5) is 10.9. The molecule has 0 aromatic heterocycles. The summed E-state index contributed by atoms with van der Waals surface area (Å²) in [6.07, 6.45) is 0. The second kappa shape index (κ2) is 6.65. The molecule has 7 heteroatoms. The first-order valence-corrected chi connectivity index (χ1v) is 4.57. The van der Waals surface area contributed by atoms with E-state index in [-0.39, 0.29) is 25.9 Å². The van der Waals surface area contributed by atoms with E-state index in [9.17, 15) is 4.79 Å². The van der Waals surface area contributed by atoms with E-state index in [1.165, 1.54) is 0 Å². The predicted molar refractivity (Wildman–Crippen MR) is 61.4 cm³/mol. The van der Waals surface area contributed by atoms with Gasteiger partial charge in [-0.3, -0.25) is 0 Å². The maximum Gasteiger partial charge on any atom is 2.00 e. The van der Waals surface area contributed by atoms with Crippen molar-refractivity contribution in [2.75, 3.05) is 0 Å². The molecule has 0 aliphatic heterocycles. The molecule has 0 radical (unpaired) electrons. The van der Waals surface area contributed by atoms with Gasteiger partial charge >= 0.3 is 33.5 Å². The number of para-hydroxylation sites is 1. The molecule has 0 fully saturated rings. The van der Waals surface area contributed by atoms with E-state index in [1.807, 2.05) is 0 Å². The van der Waals surface area contributed by atoms with Gasteiger partial charge in [-0.15, -0.1) is 0 Å². The fraction of sp³-hybridized carbons (Fsp3) is 0.125. The van der Waals surface area contributed by atoms with Crippen LogP contribution in [0.1, 0.15) is 2.85 Å². The summed E-state index contributed by atoms with van der Waals surface area (Å²) in [7, 11) is 0. The van der Waals surface area contributed by atoms with Crippen LogP contribution < -0.4 is 4.74 Å². The Morgan fingerprint density at radius 1 is 1.27 bits per heavy atom. The number of hydrogen-bond acceptors (Lipinski definition) is 3. The van der Waals surface area contributed by atoms with Gasteiger partial charge in [0.15, 0.2) is 0 Å². The van der Waals surface area contributed by atoms with Gasteiger partial charge in [-0.1, -0.05) is 18.2 Å². The van der Waals surface area contributed by atoms with Crippen molar-refractivity contribution in [3.8, 4) is 5.75 Å². The quantitative estimate of drug-likeness (QED) is 0.631. The summed E-state index contributed by atoms with van der Waals surface area (Å²) in [5.41, 5.74) is 0. The minimum Gasteiger partial charge on any atom is -1.00 e. The Hall–Kier alpha value is 0.126. The van der Waals surface area contributed by atoms with Gasteiger partial charge in [-0.25, -0.2) is 4.79 Å². The molecule has 0 spiro atoms. The third-order valence-electron chi connectivity index (χ3n) is 1.30. The molecule has 80 valence electrons. The van der Waals surface area contributed by atoms with Crippen molar-refractivity contribution in [3.63, 3.8) is 0 Å². The fourth-order valence-corrected chi connectivity index (χ4v) is 1.17. The van der Waals surface area contributed by atoms with Crippen LogP contribution in [0.25, 0.3) is 0 Å². The van der Waals surface area contributed by atoms with E-state index in [0.29, 0.717) is 5.75 Å². The Morgan fingerprint density at radius 3 is 2.27 bits per heavy atom. The van der Waals surface area contributed by atoms with Crippen molar-refractivity contribution in [2.45, 2.75) is 4.52 Å². The van der Waals surface area contributed by atoms with Crippen molar-refractivity contribution >= 4 is 64.1 Å². The number of alkyl halides is 2. The molecule has 0 heterocycles. The van der Waals surface area contributed by atoms with Gasteiger partial charge in [-0.05, 0) is 35.3 Å². The van der Waals surface area contributed by atoms with Crippen molar-refractivity contribution in [3.05, 3.63) is 30.3 Å². The van der Waals surface area contributed by atoms with Crippen LogP contribution in [0, 0.1) is 0 Å². The Morgan fingerprint density at radius 2 is 1.80 bits per heavy atom.